The minimum Gasteiger partial charge on any atom is -0.321 e. The molecule has 0 bridgehead atoms. The average molecular weight is 362 g/mol. The number of nitrogens with one attached hydrogen (secondary N) is 2. The second-order valence-corrected chi connectivity index (χ2v) is 6.71. The molecule has 3 aromatic rings. The molecule has 0 saturated carbocycles. The van der Waals surface area contributed by atoms with Crippen LogP contribution in [0.2, 0.25) is 0 Å². The molecule has 7 nitrogen and oxygen atoms in total. The lowest BCUT2D eigenvalue weighted by atomic mass is 10.1. The molecular formula is C20H22N6O. The second kappa shape index (κ2) is 7.67. The maximum absolute atomic E-state index is 12.6. The molecule has 4 rings (SSSR count). The molecule has 1 atom stereocenters. The molecule has 138 valence electrons. The fourth-order valence-corrected chi connectivity index (χ4v) is 3.29. The van der Waals surface area contributed by atoms with E-state index in [2.05, 4.69) is 25.7 Å². The smallest absolute Gasteiger partial charge is 0.276 e. The molecular weight excluding hydrogens is 340 g/mol. The fourth-order valence-electron chi connectivity index (χ4n) is 3.29. The van der Waals surface area contributed by atoms with Gasteiger partial charge in [-0.3, -0.25) is 9.48 Å². The van der Waals surface area contributed by atoms with Crippen molar-refractivity contribution in [3.63, 3.8) is 0 Å². The Kier molecular flexibility index (Phi) is 4.93. The van der Waals surface area contributed by atoms with E-state index in [1.54, 1.807) is 12.3 Å². The van der Waals surface area contributed by atoms with Crippen molar-refractivity contribution in [2.75, 3.05) is 18.4 Å². The molecule has 0 radical (unpaired) electrons. The largest absolute Gasteiger partial charge is 0.321 e. The fraction of sp³-hybridized carbons (Fsp3) is 0.300. The van der Waals surface area contributed by atoms with Gasteiger partial charge in [0, 0.05) is 30.2 Å². The number of amides is 1. The first-order chi connectivity index (χ1) is 13.2. The van der Waals surface area contributed by atoms with Crippen molar-refractivity contribution in [2.24, 2.45) is 0 Å². The van der Waals surface area contributed by atoms with E-state index in [-0.39, 0.29) is 5.91 Å². The molecule has 1 aliphatic rings. The highest BCUT2D eigenvalue weighted by Crippen LogP contribution is 2.21. The summed E-state index contributed by atoms with van der Waals surface area (Å²) in [4.78, 5) is 21.1. The molecule has 1 aliphatic heterocycles. The van der Waals surface area contributed by atoms with E-state index in [0.29, 0.717) is 23.2 Å². The Morgan fingerprint density at radius 3 is 3.04 bits per heavy atom. The summed E-state index contributed by atoms with van der Waals surface area (Å²) in [6.45, 7) is 3.80. The van der Waals surface area contributed by atoms with E-state index in [0.717, 1.165) is 37.2 Å². The van der Waals surface area contributed by atoms with Crippen LogP contribution >= 0.6 is 0 Å². The zero-order valence-corrected chi connectivity index (χ0v) is 15.2. The lowest BCUT2D eigenvalue weighted by Gasteiger charge is -2.22. The third-order valence-electron chi connectivity index (χ3n) is 4.68. The Bertz CT molecular complexity index is 945. The van der Waals surface area contributed by atoms with E-state index in [9.17, 15) is 4.79 Å². The molecule has 1 unspecified atom stereocenters. The molecule has 3 heterocycles. The van der Waals surface area contributed by atoms with Crippen molar-refractivity contribution in [1.29, 1.82) is 0 Å². The molecule has 0 spiro atoms. The maximum Gasteiger partial charge on any atom is 0.276 e. The Morgan fingerprint density at radius 2 is 2.22 bits per heavy atom. The van der Waals surface area contributed by atoms with Gasteiger partial charge in [-0.2, -0.15) is 5.10 Å². The first kappa shape index (κ1) is 17.4. The second-order valence-electron chi connectivity index (χ2n) is 6.71. The SMILES string of the molecule is Cc1nccc(-c2cccc(NC(=O)c3ccn(C4CCCNC4)n3)c2)n1. The van der Waals surface area contributed by atoms with E-state index in [4.69, 9.17) is 0 Å². The summed E-state index contributed by atoms with van der Waals surface area (Å²) in [7, 11) is 0. The van der Waals surface area contributed by atoms with Gasteiger partial charge in [0.15, 0.2) is 5.69 Å². The van der Waals surface area contributed by atoms with Crippen LogP contribution in [-0.2, 0) is 0 Å². The van der Waals surface area contributed by atoms with Gasteiger partial charge in [0.05, 0.1) is 11.7 Å². The summed E-state index contributed by atoms with van der Waals surface area (Å²) in [5.41, 5.74) is 2.89. The highest BCUT2D eigenvalue weighted by atomic mass is 16.1. The minimum absolute atomic E-state index is 0.214. The van der Waals surface area contributed by atoms with Crippen molar-refractivity contribution in [3.8, 4) is 11.3 Å². The van der Waals surface area contributed by atoms with Gasteiger partial charge >= 0.3 is 0 Å². The molecule has 7 heteroatoms. The maximum atomic E-state index is 12.6. The van der Waals surface area contributed by atoms with Crippen LogP contribution in [0.5, 0.6) is 0 Å². The van der Waals surface area contributed by atoms with Gasteiger partial charge < -0.3 is 10.6 Å². The number of hydrogen-bond donors (Lipinski definition) is 2. The van der Waals surface area contributed by atoms with Gasteiger partial charge in [0.25, 0.3) is 5.91 Å². The molecule has 2 aromatic heterocycles. The van der Waals surface area contributed by atoms with Gasteiger partial charge in [-0.25, -0.2) is 9.97 Å². The summed E-state index contributed by atoms with van der Waals surface area (Å²) in [5, 5.41) is 10.8. The normalized spacial score (nSPS) is 16.9. The average Bonchev–Trinajstić information content (AvgIpc) is 3.19. The van der Waals surface area contributed by atoms with Gasteiger partial charge in [-0.15, -0.1) is 0 Å². The monoisotopic (exact) mass is 362 g/mol. The number of carbonyl (C=O) groups excluding carboxylic acids is 1. The van der Waals surface area contributed by atoms with E-state index < -0.39 is 0 Å². The van der Waals surface area contributed by atoms with Gasteiger partial charge in [0.1, 0.15) is 5.82 Å². The van der Waals surface area contributed by atoms with E-state index in [1.165, 1.54) is 0 Å². The van der Waals surface area contributed by atoms with Gasteiger partial charge in [-0.1, -0.05) is 12.1 Å². The van der Waals surface area contributed by atoms with Crippen LogP contribution < -0.4 is 10.6 Å². The number of aryl methyl sites for hydroxylation is 1. The third kappa shape index (κ3) is 4.03. The summed E-state index contributed by atoms with van der Waals surface area (Å²) in [6.07, 6.45) is 5.82. The summed E-state index contributed by atoms with van der Waals surface area (Å²) >= 11 is 0. The first-order valence-electron chi connectivity index (χ1n) is 9.16. The standard InChI is InChI=1S/C20H22N6O/c1-14-22-10-7-18(23-14)15-4-2-5-16(12-15)24-20(27)19-8-11-26(25-19)17-6-3-9-21-13-17/h2,4-5,7-8,10-12,17,21H,3,6,9,13H2,1H3,(H,24,27). The van der Waals surface area contributed by atoms with Crippen LogP contribution in [0.4, 0.5) is 5.69 Å². The first-order valence-corrected chi connectivity index (χ1v) is 9.16. The molecule has 27 heavy (non-hydrogen) atoms. The van der Waals surface area contributed by atoms with E-state index in [1.807, 2.05) is 48.1 Å². The number of aromatic nitrogens is 4. The molecule has 2 N–H and O–H groups in total. The number of rotatable bonds is 4. The minimum atomic E-state index is -0.214. The van der Waals surface area contributed by atoms with Gasteiger partial charge in [0.2, 0.25) is 0 Å². The third-order valence-corrected chi connectivity index (χ3v) is 4.68. The van der Waals surface area contributed by atoms with Gasteiger partial charge in [-0.05, 0) is 50.6 Å². The van der Waals surface area contributed by atoms with Crippen molar-refractivity contribution in [1.82, 2.24) is 25.1 Å². The quantitative estimate of drug-likeness (QED) is 0.745. The van der Waals surface area contributed by atoms with E-state index >= 15 is 0 Å². The van der Waals surface area contributed by atoms with Crippen molar-refractivity contribution in [3.05, 3.63) is 60.3 Å². The van der Waals surface area contributed by atoms with Crippen molar-refractivity contribution in [2.45, 2.75) is 25.8 Å². The molecule has 1 saturated heterocycles. The lowest BCUT2D eigenvalue weighted by Crippen LogP contribution is -2.32. The summed E-state index contributed by atoms with van der Waals surface area (Å²) in [5.74, 6) is 0.498. The Balaban J connectivity index is 1.48. The number of carbonyl (C=O) groups is 1. The highest BCUT2D eigenvalue weighted by molar-refractivity contribution is 6.03. The predicted molar refractivity (Wildman–Crippen MR) is 104 cm³/mol. The van der Waals surface area contributed by atoms with Crippen molar-refractivity contribution >= 4 is 11.6 Å². The van der Waals surface area contributed by atoms with Crippen LogP contribution in [0.3, 0.4) is 0 Å². The number of anilines is 1. The Hall–Kier alpha value is -3.06. The van der Waals surface area contributed by atoms with Crippen LogP contribution in [0.15, 0.2) is 48.8 Å². The number of benzene rings is 1. The Labute approximate surface area is 157 Å². The van der Waals surface area contributed by atoms with Crippen molar-refractivity contribution < 1.29 is 4.79 Å². The lowest BCUT2D eigenvalue weighted by molar-refractivity contribution is 0.102. The zero-order chi connectivity index (χ0) is 18.6. The topological polar surface area (TPSA) is 84.7 Å². The van der Waals surface area contributed by atoms with Crippen LogP contribution in [0, 0.1) is 6.92 Å². The molecule has 1 fully saturated rings. The molecule has 1 aromatic carbocycles. The van der Waals surface area contributed by atoms with Crippen LogP contribution in [0.25, 0.3) is 11.3 Å². The Morgan fingerprint density at radius 1 is 1.30 bits per heavy atom. The summed E-state index contributed by atoms with van der Waals surface area (Å²) in [6, 6.07) is 11.6. The summed E-state index contributed by atoms with van der Waals surface area (Å²) < 4.78 is 1.89. The highest BCUT2D eigenvalue weighted by Gasteiger charge is 2.18. The van der Waals surface area contributed by atoms with Crippen LogP contribution in [0.1, 0.15) is 35.2 Å². The number of hydrogen-bond acceptors (Lipinski definition) is 5. The molecule has 0 aliphatic carbocycles. The number of piperidine rings is 1. The predicted octanol–water partition coefficient (Wildman–Crippen LogP) is 2.83. The number of nitrogens with zero attached hydrogens (tertiary/aromatic N) is 4. The van der Waals surface area contributed by atoms with Crippen LogP contribution in [-0.4, -0.2) is 38.7 Å². The molecule has 1 amide bonds. The zero-order valence-electron chi connectivity index (χ0n) is 15.2.